The van der Waals surface area contributed by atoms with Crippen molar-refractivity contribution in [2.45, 2.75) is 39.2 Å². The molecule has 2 heterocycles. The highest BCUT2D eigenvalue weighted by Crippen LogP contribution is 2.38. The summed E-state index contributed by atoms with van der Waals surface area (Å²) < 4.78 is 2.02. The van der Waals surface area contributed by atoms with Gasteiger partial charge in [-0.15, -0.1) is 0 Å². The molecule has 0 bridgehead atoms. The molecule has 0 unspecified atom stereocenters. The average molecular weight is 331 g/mol. The van der Waals surface area contributed by atoms with Gasteiger partial charge in [-0.05, 0) is 24.6 Å². The van der Waals surface area contributed by atoms with E-state index in [0.717, 1.165) is 24.5 Å². The maximum Gasteiger partial charge on any atom is 0.0998 e. The van der Waals surface area contributed by atoms with Crippen LogP contribution in [0.5, 0.6) is 0 Å². The number of nitrogens with zero attached hydrogens (tertiary/aromatic N) is 3. The molecule has 1 aliphatic heterocycles. The second-order valence-corrected chi connectivity index (χ2v) is 6.78. The Morgan fingerprint density at radius 3 is 2.56 bits per heavy atom. The number of unbranched alkanes of at least 4 members (excludes halogenated alkanes) is 3. The maximum atomic E-state index is 4.90. The molecule has 1 aromatic heterocycles. The molecule has 4 rings (SSSR count). The molecular formula is C22H25N3. The zero-order chi connectivity index (χ0) is 17.1. The molecule has 0 saturated heterocycles. The van der Waals surface area contributed by atoms with E-state index in [1.165, 1.54) is 42.5 Å². The van der Waals surface area contributed by atoms with Gasteiger partial charge in [0.25, 0.3) is 0 Å². The number of fused-ring (bicyclic) bond motifs is 3. The van der Waals surface area contributed by atoms with Gasteiger partial charge in [-0.3, -0.25) is 0 Å². The van der Waals surface area contributed by atoms with Crippen LogP contribution in [0.4, 0.5) is 5.69 Å². The molecule has 1 aliphatic rings. The van der Waals surface area contributed by atoms with Gasteiger partial charge >= 0.3 is 0 Å². The van der Waals surface area contributed by atoms with E-state index in [1.54, 1.807) is 0 Å². The molecule has 0 spiro atoms. The summed E-state index contributed by atoms with van der Waals surface area (Å²) in [5, 5.41) is 4.90. The van der Waals surface area contributed by atoms with Crippen molar-refractivity contribution in [3.05, 3.63) is 66.4 Å². The second kappa shape index (κ2) is 7.14. The number of hydrogen-bond acceptors (Lipinski definition) is 2. The van der Waals surface area contributed by atoms with Gasteiger partial charge in [0.1, 0.15) is 0 Å². The molecule has 2 aromatic carbocycles. The second-order valence-electron chi connectivity index (χ2n) is 6.78. The van der Waals surface area contributed by atoms with Gasteiger partial charge in [-0.1, -0.05) is 62.6 Å². The molecule has 3 heteroatoms. The molecule has 0 amide bonds. The summed E-state index contributed by atoms with van der Waals surface area (Å²) in [5.41, 5.74) is 6.14. The van der Waals surface area contributed by atoms with Gasteiger partial charge in [0, 0.05) is 36.1 Å². The minimum absolute atomic E-state index is 0.950. The summed E-state index contributed by atoms with van der Waals surface area (Å²) in [6, 6.07) is 19.1. The normalized spacial score (nSPS) is 12.8. The number of benzene rings is 2. The third-order valence-corrected chi connectivity index (χ3v) is 4.95. The molecule has 0 atom stereocenters. The summed E-state index contributed by atoms with van der Waals surface area (Å²) in [6.45, 7) is 4.33. The molecule has 128 valence electrons. The average Bonchev–Trinajstić information content (AvgIpc) is 3.10. The van der Waals surface area contributed by atoms with E-state index in [4.69, 9.17) is 5.10 Å². The first-order valence-electron chi connectivity index (χ1n) is 9.35. The molecule has 3 aromatic rings. The molecule has 0 fully saturated rings. The highest BCUT2D eigenvalue weighted by Gasteiger charge is 2.24. The van der Waals surface area contributed by atoms with Crippen LogP contribution in [0.25, 0.3) is 16.9 Å². The quantitative estimate of drug-likeness (QED) is 0.561. The van der Waals surface area contributed by atoms with Crippen molar-refractivity contribution < 1.29 is 0 Å². The van der Waals surface area contributed by atoms with Crippen LogP contribution in [0, 0.1) is 0 Å². The Labute approximate surface area is 149 Å². The molecule has 0 radical (unpaired) electrons. The number of rotatable bonds is 6. The van der Waals surface area contributed by atoms with E-state index >= 15 is 0 Å². The van der Waals surface area contributed by atoms with Crippen molar-refractivity contribution in [3.63, 3.8) is 0 Å². The van der Waals surface area contributed by atoms with Crippen LogP contribution in [0.1, 0.15) is 38.2 Å². The first-order chi connectivity index (χ1) is 12.4. The Morgan fingerprint density at radius 1 is 0.920 bits per heavy atom. The highest BCUT2D eigenvalue weighted by molar-refractivity contribution is 5.81. The zero-order valence-corrected chi connectivity index (χ0v) is 14.9. The minimum atomic E-state index is 0.950. The van der Waals surface area contributed by atoms with Crippen molar-refractivity contribution >= 4 is 5.69 Å². The Hall–Kier alpha value is -2.55. The van der Waals surface area contributed by atoms with Gasteiger partial charge in [0.05, 0.1) is 11.4 Å². The lowest BCUT2D eigenvalue weighted by molar-refractivity contribution is 0.641. The molecule has 3 nitrogen and oxygen atoms in total. The van der Waals surface area contributed by atoms with Crippen LogP contribution in [-0.4, -0.2) is 16.3 Å². The number of para-hydroxylation sites is 2. The predicted molar refractivity (Wildman–Crippen MR) is 104 cm³/mol. The maximum absolute atomic E-state index is 4.90. The molecular weight excluding hydrogens is 306 g/mol. The molecule has 0 N–H and O–H groups in total. The van der Waals surface area contributed by atoms with E-state index in [9.17, 15) is 0 Å². The van der Waals surface area contributed by atoms with Crippen LogP contribution < -0.4 is 4.90 Å². The molecule has 0 saturated carbocycles. The van der Waals surface area contributed by atoms with E-state index in [2.05, 4.69) is 66.6 Å². The van der Waals surface area contributed by atoms with Crippen LogP contribution in [0.2, 0.25) is 0 Å². The standard InChI is InChI=1S/C22H25N3/c1-2-3-4-10-15-24-16-18-17-25(19-11-6-5-7-12-19)23-22(18)20-13-8-9-14-21(20)24/h5-9,11-14,17H,2-4,10,15-16H2,1H3. The van der Waals surface area contributed by atoms with Crippen molar-refractivity contribution in [1.82, 2.24) is 9.78 Å². The fourth-order valence-electron chi connectivity index (χ4n) is 3.63. The predicted octanol–water partition coefficient (Wildman–Crippen LogP) is 5.44. The Bertz CT molecular complexity index is 835. The monoisotopic (exact) mass is 331 g/mol. The fraction of sp³-hybridized carbons (Fsp3) is 0.318. The third-order valence-electron chi connectivity index (χ3n) is 4.95. The highest BCUT2D eigenvalue weighted by atomic mass is 15.3. The van der Waals surface area contributed by atoms with Crippen LogP contribution in [-0.2, 0) is 6.54 Å². The van der Waals surface area contributed by atoms with Crippen molar-refractivity contribution in [2.24, 2.45) is 0 Å². The van der Waals surface area contributed by atoms with Crippen molar-refractivity contribution in [3.8, 4) is 16.9 Å². The van der Waals surface area contributed by atoms with Crippen LogP contribution in [0.15, 0.2) is 60.8 Å². The molecule has 0 aliphatic carbocycles. The number of anilines is 1. The Kier molecular flexibility index (Phi) is 4.55. The summed E-state index contributed by atoms with van der Waals surface area (Å²) in [4.78, 5) is 2.52. The first kappa shape index (κ1) is 15.9. The fourth-order valence-corrected chi connectivity index (χ4v) is 3.63. The summed E-state index contributed by atoms with van der Waals surface area (Å²) in [7, 11) is 0. The first-order valence-corrected chi connectivity index (χ1v) is 9.35. The largest absolute Gasteiger partial charge is 0.367 e. The lowest BCUT2D eigenvalue weighted by atomic mass is 10.00. The summed E-state index contributed by atoms with van der Waals surface area (Å²) >= 11 is 0. The van der Waals surface area contributed by atoms with E-state index in [0.29, 0.717) is 0 Å². The third kappa shape index (κ3) is 3.19. The van der Waals surface area contributed by atoms with E-state index in [1.807, 2.05) is 10.7 Å². The van der Waals surface area contributed by atoms with Crippen molar-refractivity contribution in [2.75, 3.05) is 11.4 Å². The smallest absolute Gasteiger partial charge is 0.0998 e. The van der Waals surface area contributed by atoms with Crippen LogP contribution in [0.3, 0.4) is 0 Å². The summed E-state index contributed by atoms with van der Waals surface area (Å²) in [6.07, 6.45) is 7.37. The lowest BCUT2D eigenvalue weighted by Gasteiger charge is -2.30. The molecule has 25 heavy (non-hydrogen) atoms. The Balaban J connectivity index is 1.65. The van der Waals surface area contributed by atoms with E-state index < -0.39 is 0 Å². The zero-order valence-electron chi connectivity index (χ0n) is 14.9. The van der Waals surface area contributed by atoms with Gasteiger partial charge in [-0.2, -0.15) is 5.10 Å². The number of aromatic nitrogens is 2. The van der Waals surface area contributed by atoms with Gasteiger partial charge in [0.2, 0.25) is 0 Å². The minimum Gasteiger partial charge on any atom is -0.367 e. The topological polar surface area (TPSA) is 21.1 Å². The SMILES string of the molecule is CCCCCCN1Cc2cn(-c3ccccc3)nc2-c2ccccc21. The van der Waals surface area contributed by atoms with Gasteiger partial charge < -0.3 is 4.90 Å². The Morgan fingerprint density at radius 2 is 1.72 bits per heavy atom. The lowest BCUT2D eigenvalue weighted by Crippen LogP contribution is -2.27. The van der Waals surface area contributed by atoms with Crippen molar-refractivity contribution in [1.29, 1.82) is 0 Å². The van der Waals surface area contributed by atoms with E-state index in [-0.39, 0.29) is 0 Å². The van der Waals surface area contributed by atoms with Gasteiger partial charge in [-0.25, -0.2) is 4.68 Å². The number of hydrogen-bond donors (Lipinski definition) is 0. The van der Waals surface area contributed by atoms with Gasteiger partial charge in [0.15, 0.2) is 0 Å². The van der Waals surface area contributed by atoms with Crippen LogP contribution >= 0.6 is 0 Å². The summed E-state index contributed by atoms with van der Waals surface area (Å²) in [5.74, 6) is 0.